The van der Waals surface area contributed by atoms with E-state index in [0.29, 0.717) is 23.3 Å². The Balaban J connectivity index is 2.50. The van der Waals surface area contributed by atoms with Crippen molar-refractivity contribution in [3.05, 3.63) is 35.6 Å². The molecule has 0 spiro atoms. The van der Waals surface area contributed by atoms with Gasteiger partial charge < -0.3 is 4.74 Å². The molecule has 0 N–H and O–H groups in total. The SMILES string of the molecule is C=C(CCl)COc1cncc(Cl)c1. The third kappa shape index (κ3) is 3.66. The summed E-state index contributed by atoms with van der Waals surface area (Å²) < 4.78 is 5.31. The molecule has 0 bridgehead atoms. The summed E-state index contributed by atoms with van der Waals surface area (Å²) in [7, 11) is 0. The summed E-state index contributed by atoms with van der Waals surface area (Å²) in [6, 6.07) is 1.69. The normalized spacial score (nSPS) is 9.69. The van der Waals surface area contributed by atoms with Crippen LogP contribution < -0.4 is 4.74 Å². The molecule has 2 nitrogen and oxygen atoms in total. The average Bonchev–Trinajstić information content (AvgIpc) is 2.14. The van der Waals surface area contributed by atoms with E-state index in [-0.39, 0.29) is 0 Å². The second-order valence-electron chi connectivity index (χ2n) is 2.51. The topological polar surface area (TPSA) is 22.1 Å². The molecule has 0 aliphatic carbocycles. The van der Waals surface area contributed by atoms with E-state index in [0.717, 1.165) is 5.57 Å². The summed E-state index contributed by atoms with van der Waals surface area (Å²) in [4.78, 5) is 3.87. The van der Waals surface area contributed by atoms with E-state index in [1.807, 2.05) is 0 Å². The second kappa shape index (κ2) is 5.10. The van der Waals surface area contributed by atoms with E-state index in [2.05, 4.69) is 11.6 Å². The molecule has 0 saturated carbocycles. The molecular formula is C9H9Cl2NO. The van der Waals surface area contributed by atoms with E-state index in [1.165, 1.54) is 0 Å². The van der Waals surface area contributed by atoms with Gasteiger partial charge in [0, 0.05) is 18.1 Å². The average molecular weight is 218 g/mol. The predicted octanol–water partition coefficient (Wildman–Crippen LogP) is 2.91. The number of aromatic nitrogens is 1. The lowest BCUT2D eigenvalue weighted by Gasteiger charge is -2.05. The maximum absolute atomic E-state index is 5.70. The molecule has 0 radical (unpaired) electrons. The van der Waals surface area contributed by atoms with Gasteiger partial charge in [0.1, 0.15) is 12.4 Å². The van der Waals surface area contributed by atoms with Gasteiger partial charge in [0.25, 0.3) is 0 Å². The Morgan fingerprint density at radius 2 is 2.31 bits per heavy atom. The molecule has 1 rings (SSSR count). The first-order valence-electron chi connectivity index (χ1n) is 3.68. The third-order valence-electron chi connectivity index (χ3n) is 1.31. The molecule has 13 heavy (non-hydrogen) atoms. The van der Waals surface area contributed by atoms with Crippen LogP contribution in [0.3, 0.4) is 0 Å². The molecular weight excluding hydrogens is 209 g/mol. The van der Waals surface area contributed by atoms with Crippen molar-refractivity contribution in [2.45, 2.75) is 0 Å². The van der Waals surface area contributed by atoms with Crippen LogP contribution in [0.1, 0.15) is 0 Å². The number of hydrogen-bond acceptors (Lipinski definition) is 2. The minimum Gasteiger partial charge on any atom is -0.488 e. The van der Waals surface area contributed by atoms with E-state index in [1.54, 1.807) is 18.5 Å². The number of nitrogens with zero attached hydrogens (tertiary/aromatic N) is 1. The first-order valence-corrected chi connectivity index (χ1v) is 4.59. The maximum Gasteiger partial charge on any atom is 0.139 e. The van der Waals surface area contributed by atoms with Gasteiger partial charge in [-0.2, -0.15) is 0 Å². The third-order valence-corrected chi connectivity index (χ3v) is 1.90. The van der Waals surface area contributed by atoms with Crippen molar-refractivity contribution in [2.24, 2.45) is 0 Å². The monoisotopic (exact) mass is 217 g/mol. The number of alkyl halides is 1. The lowest BCUT2D eigenvalue weighted by Crippen LogP contribution is -2.01. The van der Waals surface area contributed by atoms with Crippen LogP contribution in [0, 0.1) is 0 Å². The zero-order chi connectivity index (χ0) is 9.68. The van der Waals surface area contributed by atoms with Gasteiger partial charge in [0.15, 0.2) is 0 Å². The van der Waals surface area contributed by atoms with Crippen molar-refractivity contribution in [2.75, 3.05) is 12.5 Å². The van der Waals surface area contributed by atoms with Crippen molar-refractivity contribution in [3.8, 4) is 5.75 Å². The summed E-state index contributed by atoms with van der Waals surface area (Å²) in [5, 5.41) is 0.550. The Labute approximate surface area is 87.1 Å². The fraction of sp³-hybridized carbons (Fsp3) is 0.222. The van der Waals surface area contributed by atoms with E-state index in [9.17, 15) is 0 Å². The summed E-state index contributed by atoms with van der Waals surface area (Å²) in [6.07, 6.45) is 3.14. The van der Waals surface area contributed by atoms with Gasteiger partial charge in [-0.05, 0) is 5.57 Å². The van der Waals surface area contributed by atoms with Crippen LogP contribution in [0.25, 0.3) is 0 Å². The highest BCUT2D eigenvalue weighted by Gasteiger charge is 1.97. The zero-order valence-electron chi connectivity index (χ0n) is 6.96. The van der Waals surface area contributed by atoms with Gasteiger partial charge in [-0.3, -0.25) is 4.98 Å². The molecule has 4 heteroatoms. The Kier molecular flexibility index (Phi) is 4.06. The van der Waals surface area contributed by atoms with Crippen LogP contribution in [0.4, 0.5) is 0 Å². The van der Waals surface area contributed by atoms with Crippen molar-refractivity contribution in [1.82, 2.24) is 4.98 Å². The molecule has 1 aromatic rings. The van der Waals surface area contributed by atoms with Crippen molar-refractivity contribution in [1.29, 1.82) is 0 Å². The van der Waals surface area contributed by atoms with Gasteiger partial charge in [-0.25, -0.2) is 0 Å². The van der Waals surface area contributed by atoms with Gasteiger partial charge >= 0.3 is 0 Å². The fourth-order valence-electron chi connectivity index (χ4n) is 0.695. The highest BCUT2D eigenvalue weighted by molar-refractivity contribution is 6.30. The Bertz CT molecular complexity index is 301. The van der Waals surface area contributed by atoms with Gasteiger partial charge in [-0.15, -0.1) is 11.6 Å². The molecule has 70 valence electrons. The fourth-order valence-corrected chi connectivity index (χ4v) is 0.936. The van der Waals surface area contributed by atoms with Crippen LogP contribution in [0.5, 0.6) is 5.75 Å². The van der Waals surface area contributed by atoms with Crippen molar-refractivity contribution < 1.29 is 4.74 Å². The minimum absolute atomic E-state index is 0.394. The number of rotatable bonds is 4. The van der Waals surface area contributed by atoms with Crippen LogP contribution in [0.2, 0.25) is 5.02 Å². The van der Waals surface area contributed by atoms with Crippen LogP contribution >= 0.6 is 23.2 Å². The highest BCUT2D eigenvalue weighted by Crippen LogP contribution is 2.15. The Hall–Kier alpha value is -0.730. The molecule has 0 fully saturated rings. The summed E-state index contributed by atoms with van der Waals surface area (Å²) in [6.45, 7) is 4.09. The van der Waals surface area contributed by atoms with Crippen LogP contribution in [-0.4, -0.2) is 17.5 Å². The molecule has 0 aliphatic rings. The minimum atomic E-state index is 0.394. The van der Waals surface area contributed by atoms with Gasteiger partial charge in [0.05, 0.1) is 11.2 Å². The number of halogens is 2. The lowest BCUT2D eigenvalue weighted by atomic mass is 10.4. The van der Waals surface area contributed by atoms with Gasteiger partial charge in [-0.1, -0.05) is 18.2 Å². The van der Waals surface area contributed by atoms with E-state index < -0.39 is 0 Å². The van der Waals surface area contributed by atoms with E-state index in [4.69, 9.17) is 27.9 Å². The molecule has 0 aromatic carbocycles. The lowest BCUT2D eigenvalue weighted by molar-refractivity contribution is 0.351. The van der Waals surface area contributed by atoms with Crippen molar-refractivity contribution >= 4 is 23.2 Å². The van der Waals surface area contributed by atoms with E-state index >= 15 is 0 Å². The molecule has 1 heterocycles. The smallest absolute Gasteiger partial charge is 0.139 e. The largest absolute Gasteiger partial charge is 0.488 e. The second-order valence-corrected chi connectivity index (χ2v) is 3.21. The highest BCUT2D eigenvalue weighted by atomic mass is 35.5. The predicted molar refractivity (Wildman–Crippen MR) is 54.6 cm³/mol. The quantitative estimate of drug-likeness (QED) is 0.572. The van der Waals surface area contributed by atoms with Gasteiger partial charge in [0.2, 0.25) is 0 Å². The Morgan fingerprint density at radius 3 is 2.92 bits per heavy atom. The molecule has 1 aromatic heterocycles. The molecule has 0 atom stereocenters. The maximum atomic E-state index is 5.70. The van der Waals surface area contributed by atoms with Crippen LogP contribution in [-0.2, 0) is 0 Å². The number of pyridine rings is 1. The van der Waals surface area contributed by atoms with Crippen molar-refractivity contribution in [3.63, 3.8) is 0 Å². The zero-order valence-corrected chi connectivity index (χ0v) is 8.48. The number of hydrogen-bond donors (Lipinski definition) is 0. The number of ether oxygens (including phenoxy) is 1. The molecule has 0 amide bonds. The summed E-state index contributed by atoms with van der Waals surface area (Å²) >= 11 is 11.2. The molecule has 0 saturated heterocycles. The standard InChI is InChI=1S/C9H9Cl2NO/c1-7(3-10)6-13-9-2-8(11)4-12-5-9/h2,4-5H,1,3,6H2. The molecule has 0 unspecified atom stereocenters. The summed E-state index contributed by atoms with van der Waals surface area (Å²) in [5.41, 5.74) is 0.821. The first kappa shape index (κ1) is 10.4. The summed E-state index contributed by atoms with van der Waals surface area (Å²) in [5.74, 6) is 1.02. The Morgan fingerprint density at radius 1 is 1.54 bits per heavy atom. The van der Waals surface area contributed by atoms with Crippen LogP contribution in [0.15, 0.2) is 30.6 Å². The molecule has 0 aliphatic heterocycles. The first-order chi connectivity index (χ1) is 6.22.